The first kappa shape index (κ1) is 18.4. The Morgan fingerprint density at radius 3 is 2.56 bits per heavy atom. The summed E-state index contributed by atoms with van der Waals surface area (Å²) in [6.07, 6.45) is 0. The number of aliphatic hydroxyl groups excluding tert-OH is 1. The van der Waals surface area contributed by atoms with Crippen molar-refractivity contribution in [3.8, 4) is 0 Å². The number of benzene rings is 2. The molecule has 0 saturated heterocycles. The second-order valence-corrected chi connectivity index (χ2v) is 5.43. The van der Waals surface area contributed by atoms with E-state index in [-0.39, 0.29) is 30.3 Å². The summed E-state index contributed by atoms with van der Waals surface area (Å²) in [5.41, 5.74) is 1.63. The number of nitro benzene ring substituents is 1. The van der Waals surface area contributed by atoms with Crippen LogP contribution >= 0.6 is 0 Å². The van der Waals surface area contributed by atoms with Crippen LogP contribution in [-0.4, -0.2) is 40.5 Å². The van der Waals surface area contributed by atoms with Crippen LogP contribution in [0.5, 0.6) is 0 Å². The Bertz CT molecular complexity index is 734. The molecule has 25 heavy (non-hydrogen) atoms. The summed E-state index contributed by atoms with van der Waals surface area (Å²) in [4.78, 5) is 24.7. The van der Waals surface area contributed by atoms with Crippen LogP contribution in [0.3, 0.4) is 0 Å². The molecule has 0 unspecified atom stereocenters. The van der Waals surface area contributed by atoms with E-state index in [1.165, 1.54) is 17.0 Å². The SMILES string of the molecule is CCN(CCO)C(=O)c1cc([N+](=O)[O-])ccc1NCc1ccccc1. The van der Waals surface area contributed by atoms with Crippen LogP contribution in [0.4, 0.5) is 11.4 Å². The van der Waals surface area contributed by atoms with Gasteiger partial charge >= 0.3 is 0 Å². The zero-order chi connectivity index (χ0) is 18.2. The first-order chi connectivity index (χ1) is 12.1. The minimum atomic E-state index is -0.528. The summed E-state index contributed by atoms with van der Waals surface area (Å²) in [5.74, 6) is -0.351. The summed E-state index contributed by atoms with van der Waals surface area (Å²) in [5, 5.41) is 23.3. The van der Waals surface area contributed by atoms with Crippen molar-refractivity contribution in [3.05, 3.63) is 69.8 Å². The maximum Gasteiger partial charge on any atom is 0.270 e. The third-order valence-electron chi connectivity index (χ3n) is 3.81. The molecule has 0 heterocycles. The van der Waals surface area contributed by atoms with Gasteiger partial charge in [-0.25, -0.2) is 0 Å². The second-order valence-electron chi connectivity index (χ2n) is 5.43. The molecule has 0 aliphatic heterocycles. The summed E-state index contributed by atoms with van der Waals surface area (Å²) >= 11 is 0. The largest absolute Gasteiger partial charge is 0.395 e. The van der Waals surface area contributed by atoms with E-state index in [2.05, 4.69) is 5.32 Å². The number of carbonyl (C=O) groups excluding carboxylic acids is 1. The van der Waals surface area contributed by atoms with E-state index in [1.807, 2.05) is 30.3 Å². The number of nitrogens with one attached hydrogen (secondary N) is 1. The number of likely N-dealkylation sites (N-methyl/N-ethyl adjacent to an activating group) is 1. The van der Waals surface area contributed by atoms with Crippen molar-refractivity contribution in [2.24, 2.45) is 0 Å². The third-order valence-corrected chi connectivity index (χ3v) is 3.81. The maximum absolute atomic E-state index is 12.7. The molecular formula is C18H21N3O4. The molecule has 7 heteroatoms. The Morgan fingerprint density at radius 1 is 1.24 bits per heavy atom. The molecule has 0 saturated carbocycles. The average molecular weight is 343 g/mol. The van der Waals surface area contributed by atoms with Gasteiger partial charge in [-0.3, -0.25) is 14.9 Å². The van der Waals surface area contributed by atoms with Crippen LogP contribution in [0.25, 0.3) is 0 Å². The van der Waals surface area contributed by atoms with Crippen molar-refractivity contribution < 1.29 is 14.8 Å². The van der Waals surface area contributed by atoms with Gasteiger partial charge < -0.3 is 15.3 Å². The zero-order valence-corrected chi connectivity index (χ0v) is 14.0. The van der Waals surface area contributed by atoms with Crippen LogP contribution in [0, 0.1) is 10.1 Å². The minimum absolute atomic E-state index is 0.145. The van der Waals surface area contributed by atoms with Gasteiger partial charge in [0.2, 0.25) is 0 Å². The van der Waals surface area contributed by atoms with Gasteiger partial charge in [-0.2, -0.15) is 0 Å². The second kappa shape index (κ2) is 8.79. The Morgan fingerprint density at radius 2 is 1.96 bits per heavy atom. The predicted octanol–water partition coefficient (Wildman–Crippen LogP) is 2.66. The molecule has 0 aliphatic rings. The van der Waals surface area contributed by atoms with Crippen molar-refractivity contribution in [3.63, 3.8) is 0 Å². The summed E-state index contributed by atoms with van der Waals surface area (Å²) in [6.45, 7) is 2.70. The molecule has 0 bridgehead atoms. The number of hydrogen-bond acceptors (Lipinski definition) is 5. The van der Waals surface area contributed by atoms with Gasteiger partial charge in [0, 0.05) is 37.5 Å². The Labute approximate surface area is 146 Å². The lowest BCUT2D eigenvalue weighted by Gasteiger charge is -2.21. The molecule has 2 rings (SSSR count). The number of anilines is 1. The number of nitro groups is 1. The van der Waals surface area contributed by atoms with E-state index < -0.39 is 4.92 Å². The molecule has 0 atom stereocenters. The van der Waals surface area contributed by atoms with E-state index in [0.717, 1.165) is 5.56 Å². The summed E-state index contributed by atoms with van der Waals surface area (Å²) in [6, 6.07) is 13.8. The molecule has 0 aliphatic carbocycles. The number of amides is 1. The van der Waals surface area contributed by atoms with Crippen molar-refractivity contribution >= 4 is 17.3 Å². The number of non-ortho nitro benzene ring substituents is 1. The van der Waals surface area contributed by atoms with E-state index in [0.29, 0.717) is 18.8 Å². The molecule has 0 aromatic heterocycles. The fourth-order valence-electron chi connectivity index (χ4n) is 2.46. The third kappa shape index (κ3) is 4.77. The van der Waals surface area contributed by atoms with Gasteiger partial charge in [-0.05, 0) is 18.6 Å². The maximum atomic E-state index is 12.7. The van der Waals surface area contributed by atoms with Crippen LogP contribution in [0.2, 0.25) is 0 Å². The smallest absolute Gasteiger partial charge is 0.270 e. The number of hydrogen-bond donors (Lipinski definition) is 2. The van der Waals surface area contributed by atoms with E-state index >= 15 is 0 Å². The topological polar surface area (TPSA) is 95.7 Å². The fourth-order valence-corrected chi connectivity index (χ4v) is 2.46. The van der Waals surface area contributed by atoms with Crippen molar-refractivity contribution in [2.45, 2.75) is 13.5 Å². The molecule has 7 nitrogen and oxygen atoms in total. The highest BCUT2D eigenvalue weighted by molar-refractivity contribution is 6.00. The minimum Gasteiger partial charge on any atom is -0.395 e. The highest BCUT2D eigenvalue weighted by Gasteiger charge is 2.20. The monoisotopic (exact) mass is 343 g/mol. The zero-order valence-electron chi connectivity index (χ0n) is 14.0. The van der Waals surface area contributed by atoms with Crippen molar-refractivity contribution in [1.82, 2.24) is 4.90 Å². The standard InChI is InChI=1S/C18H21N3O4/c1-2-20(10-11-22)18(23)16-12-15(21(24)25)8-9-17(16)19-13-14-6-4-3-5-7-14/h3-9,12,19,22H,2,10-11,13H2,1H3. The molecule has 2 aromatic carbocycles. The molecule has 0 radical (unpaired) electrons. The summed E-state index contributed by atoms with van der Waals surface area (Å²) < 4.78 is 0. The number of carbonyl (C=O) groups is 1. The lowest BCUT2D eigenvalue weighted by atomic mass is 10.1. The van der Waals surface area contributed by atoms with Gasteiger partial charge in [0.1, 0.15) is 0 Å². The van der Waals surface area contributed by atoms with Gasteiger partial charge in [-0.15, -0.1) is 0 Å². The van der Waals surface area contributed by atoms with Gasteiger partial charge in [-0.1, -0.05) is 30.3 Å². The Hall–Kier alpha value is -2.93. The van der Waals surface area contributed by atoms with Gasteiger partial charge in [0.15, 0.2) is 0 Å². The Balaban J connectivity index is 2.31. The normalized spacial score (nSPS) is 10.3. The van der Waals surface area contributed by atoms with Crippen LogP contribution < -0.4 is 5.32 Å². The molecule has 2 N–H and O–H groups in total. The molecule has 0 spiro atoms. The molecule has 2 aromatic rings. The van der Waals surface area contributed by atoms with E-state index in [9.17, 15) is 14.9 Å². The average Bonchev–Trinajstić information content (AvgIpc) is 2.64. The molecular weight excluding hydrogens is 322 g/mol. The molecule has 132 valence electrons. The number of aliphatic hydroxyl groups is 1. The van der Waals surface area contributed by atoms with Crippen LogP contribution in [0.15, 0.2) is 48.5 Å². The molecule has 0 fully saturated rings. The van der Waals surface area contributed by atoms with Gasteiger partial charge in [0.25, 0.3) is 11.6 Å². The lowest BCUT2D eigenvalue weighted by molar-refractivity contribution is -0.384. The predicted molar refractivity (Wildman–Crippen MR) is 95.5 cm³/mol. The first-order valence-electron chi connectivity index (χ1n) is 8.03. The van der Waals surface area contributed by atoms with Crippen molar-refractivity contribution in [2.75, 3.05) is 25.0 Å². The Kier molecular flexibility index (Phi) is 6.47. The highest BCUT2D eigenvalue weighted by atomic mass is 16.6. The number of nitrogens with zero attached hydrogens (tertiary/aromatic N) is 2. The van der Waals surface area contributed by atoms with E-state index in [4.69, 9.17) is 5.11 Å². The molecule has 1 amide bonds. The number of rotatable bonds is 8. The van der Waals surface area contributed by atoms with Crippen LogP contribution in [0.1, 0.15) is 22.8 Å². The summed E-state index contributed by atoms with van der Waals surface area (Å²) in [7, 11) is 0. The van der Waals surface area contributed by atoms with Crippen LogP contribution in [-0.2, 0) is 6.54 Å². The quantitative estimate of drug-likeness (QED) is 0.567. The fraction of sp³-hybridized carbons (Fsp3) is 0.278. The van der Waals surface area contributed by atoms with Crippen molar-refractivity contribution in [1.29, 1.82) is 0 Å². The lowest BCUT2D eigenvalue weighted by Crippen LogP contribution is -2.33. The highest BCUT2D eigenvalue weighted by Crippen LogP contribution is 2.24. The first-order valence-corrected chi connectivity index (χ1v) is 8.03. The van der Waals surface area contributed by atoms with Gasteiger partial charge in [0.05, 0.1) is 17.1 Å². The van der Waals surface area contributed by atoms with E-state index in [1.54, 1.807) is 13.0 Å².